The second kappa shape index (κ2) is 11.0. The van der Waals surface area contributed by atoms with E-state index in [9.17, 15) is 0 Å². The van der Waals surface area contributed by atoms with E-state index in [-0.39, 0.29) is 0 Å². The summed E-state index contributed by atoms with van der Waals surface area (Å²) in [6, 6.07) is 59.8. The molecule has 0 aliphatic rings. The van der Waals surface area contributed by atoms with Crippen LogP contribution in [0.15, 0.2) is 174 Å². The SMILES string of the molecule is c1ccc(-c2cc(-c3nc(-c4ccc(-c5ccc6ccccc6c5)cc4)c4ccccc4n3)cc3oc4cc5ccccc5cc4c23)cc1. The van der Waals surface area contributed by atoms with Crippen molar-refractivity contribution in [3.8, 4) is 44.9 Å². The summed E-state index contributed by atoms with van der Waals surface area (Å²) in [5.74, 6) is 0.664. The summed E-state index contributed by atoms with van der Waals surface area (Å²) >= 11 is 0. The van der Waals surface area contributed by atoms with Crippen LogP contribution in [0.25, 0.3) is 99.3 Å². The Bertz CT molecular complexity index is 2870. The van der Waals surface area contributed by atoms with Gasteiger partial charge in [0.1, 0.15) is 11.2 Å². The van der Waals surface area contributed by atoms with Gasteiger partial charge in [0.25, 0.3) is 0 Å². The van der Waals surface area contributed by atoms with E-state index in [1.54, 1.807) is 0 Å². The lowest BCUT2D eigenvalue weighted by molar-refractivity contribution is 0.669. The molecule has 228 valence electrons. The van der Waals surface area contributed by atoms with Gasteiger partial charge in [-0.15, -0.1) is 0 Å². The molecule has 3 nitrogen and oxygen atoms in total. The van der Waals surface area contributed by atoms with Gasteiger partial charge in [0, 0.05) is 27.3 Å². The molecule has 0 saturated carbocycles. The highest BCUT2D eigenvalue weighted by molar-refractivity contribution is 6.16. The Balaban J connectivity index is 1.15. The smallest absolute Gasteiger partial charge is 0.160 e. The Hall–Kier alpha value is -6.58. The molecule has 0 spiro atoms. The van der Waals surface area contributed by atoms with Gasteiger partial charge in [-0.3, -0.25) is 0 Å². The molecule has 0 radical (unpaired) electrons. The number of para-hydroxylation sites is 1. The molecule has 49 heavy (non-hydrogen) atoms. The zero-order chi connectivity index (χ0) is 32.3. The van der Waals surface area contributed by atoms with Crippen LogP contribution in [0, 0.1) is 0 Å². The quantitative estimate of drug-likeness (QED) is 0.196. The largest absolute Gasteiger partial charge is 0.456 e. The van der Waals surface area contributed by atoms with E-state index in [1.807, 2.05) is 6.07 Å². The van der Waals surface area contributed by atoms with Gasteiger partial charge in [-0.2, -0.15) is 0 Å². The maximum Gasteiger partial charge on any atom is 0.160 e. The molecule has 0 amide bonds. The van der Waals surface area contributed by atoms with Gasteiger partial charge in [0.2, 0.25) is 0 Å². The Morgan fingerprint density at radius 2 is 1.02 bits per heavy atom. The molecular weight excluding hydrogens is 597 g/mol. The average Bonchev–Trinajstić information content (AvgIpc) is 3.53. The first kappa shape index (κ1) is 27.5. The molecule has 2 aromatic heterocycles. The first-order chi connectivity index (χ1) is 24.2. The summed E-state index contributed by atoms with van der Waals surface area (Å²) in [6.07, 6.45) is 0. The summed E-state index contributed by atoms with van der Waals surface area (Å²) in [5, 5.41) is 8.04. The van der Waals surface area contributed by atoms with Gasteiger partial charge in [-0.25, -0.2) is 9.97 Å². The van der Waals surface area contributed by atoms with Crippen LogP contribution in [-0.4, -0.2) is 9.97 Å². The van der Waals surface area contributed by atoms with Gasteiger partial charge < -0.3 is 4.42 Å². The Labute approximate surface area is 282 Å². The van der Waals surface area contributed by atoms with Gasteiger partial charge >= 0.3 is 0 Å². The van der Waals surface area contributed by atoms with E-state index in [4.69, 9.17) is 14.4 Å². The lowest BCUT2D eigenvalue weighted by Crippen LogP contribution is -1.96. The highest BCUT2D eigenvalue weighted by Gasteiger charge is 2.19. The number of fused-ring (bicyclic) bond motifs is 6. The zero-order valence-corrected chi connectivity index (χ0v) is 26.5. The molecule has 0 aliphatic carbocycles. The molecular formula is C46H28N2O. The van der Waals surface area contributed by atoms with Crippen molar-refractivity contribution in [3.05, 3.63) is 170 Å². The van der Waals surface area contributed by atoms with Crippen molar-refractivity contribution in [1.29, 1.82) is 0 Å². The van der Waals surface area contributed by atoms with Gasteiger partial charge in [0.05, 0.1) is 11.2 Å². The normalized spacial score (nSPS) is 11.7. The lowest BCUT2D eigenvalue weighted by atomic mass is 9.95. The maximum absolute atomic E-state index is 6.61. The second-order valence-corrected chi connectivity index (χ2v) is 12.6. The molecule has 0 aliphatic heterocycles. The van der Waals surface area contributed by atoms with E-state index in [0.717, 1.165) is 66.2 Å². The number of furan rings is 1. The van der Waals surface area contributed by atoms with Crippen LogP contribution in [0.4, 0.5) is 0 Å². The highest BCUT2D eigenvalue weighted by Crippen LogP contribution is 2.41. The van der Waals surface area contributed by atoms with Crippen LogP contribution in [0.5, 0.6) is 0 Å². The first-order valence-electron chi connectivity index (χ1n) is 16.6. The molecule has 10 aromatic rings. The van der Waals surface area contributed by atoms with Crippen molar-refractivity contribution in [2.45, 2.75) is 0 Å². The topological polar surface area (TPSA) is 38.9 Å². The fourth-order valence-corrected chi connectivity index (χ4v) is 7.18. The molecule has 3 heteroatoms. The van der Waals surface area contributed by atoms with Crippen LogP contribution in [0.1, 0.15) is 0 Å². The minimum absolute atomic E-state index is 0.664. The molecule has 0 N–H and O–H groups in total. The third-order valence-corrected chi connectivity index (χ3v) is 9.63. The third kappa shape index (κ3) is 4.67. The van der Waals surface area contributed by atoms with Crippen molar-refractivity contribution < 1.29 is 4.42 Å². The predicted octanol–water partition coefficient (Wildman–Crippen LogP) is 12.5. The van der Waals surface area contributed by atoms with Crippen molar-refractivity contribution >= 4 is 54.4 Å². The van der Waals surface area contributed by atoms with Gasteiger partial charge in [0.15, 0.2) is 5.82 Å². The van der Waals surface area contributed by atoms with Crippen LogP contribution < -0.4 is 0 Å². The van der Waals surface area contributed by atoms with E-state index in [0.29, 0.717) is 5.82 Å². The highest BCUT2D eigenvalue weighted by atomic mass is 16.3. The zero-order valence-electron chi connectivity index (χ0n) is 26.5. The minimum atomic E-state index is 0.664. The summed E-state index contributed by atoms with van der Waals surface area (Å²) in [6.45, 7) is 0. The molecule has 0 unspecified atom stereocenters. The third-order valence-electron chi connectivity index (χ3n) is 9.63. The number of benzene rings is 8. The number of rotatable bonds is 4. The van der Waals surface area contributed by atoms with Crippen molar-refractivity contribution in [2.75, 3.05) is 0 Å². The van der Waals surface area contributed by atoms with Crippen LogP contribution in [0.3, 0.4) is 0 Å². The van der Waals surface area contributed by atoms with Crippen LogP contribution in [0.2, 0.25) is 0 Å². The van der Waals surface area contributed by atoms with E-state index in [1.165, 1.54) is 27.3 Å². The van der Waals surface area contributed by atoms with Gasteiger partial charge in [-0.1, -0.05) is 133 Å². The van der Waals surface area contributed by atoms with Crippen molar-refractivity contribution in [1.82, 2.24) is 9.97 Å². The first-order valence-corrected chi connectivity index (χ1v) is 16.6. The molecule has 10 rings (SSSR count). The Morgan fingerprint density at radius 3 is 1.84 bits per heavy atom. The summed E-state index contributed by atoms with van der Waals surface area (Å²) in [4.78, 5) is 10.4. The lowest BCUT2D eigenvalue weighted by Gasteiger charge is -2.12. The summed E-state index contributed by atoms with van der Waals surface area (Å²) in [5.41, 5.74) is 10.0. The molecule has 0 fully saturated rings. The van der Waals surface area contributed by atoms with Crippen molar-refractivity contribution in [2.24, 2.45) is 0 Å². The number of aromatic nitrogens is 2. The van der Waals surface area contributed by atoms with E-state index >= 15 is 0 Å². The minimum Gasteiger partial charge on any atom is -0.456 e. The molecule has 8 aromatic carbocycles. The standard InChI is InChI=1S/C46H28N2O/c1-2-11-31(12-3-1)39-26-37(28-43-44(39)40-25-34-14-6-7-15-35(34)27-42(40)49-43)46-47-41-17-9-8-16-38(41)45(48-46)32-21-18-30(19-22-32)36-23-20-29-10-4-5-13-33(29)24-36/h1-28H. The van der Waals surface area contributed by atoms with Crippen LogP contribution >= 0.6 is 0 Å². The number of nitrogens with zero attached hydrogens (tertiary/aromatic N) is 2. The molecule has 0 saturated heterocycles. The van der Waals surface area contributed by atoms with E-state index in [2.05, 4.69) is 164 Å². The fraction of sp³-hybridized carbons (Fsp3) is 0. The second-order valence-electron chi connectivity index (χ2n) is 12.6. The number of hydrogen-bond acceptors (Lipinski definition) is 3. The monoisotopic (exact) mass is 624 g/mol. The molecule has 2 heterocycles. The van der Waals surface area contributed by atoms with Gasteiger partial charge in [-0.05, 0) is 80.2 Å². The average molecular weight is 625 g/mol. The summed E-state index contributed by atoms with van der Waals surface area (Å²) < 4.78 is 6.61. The molecule has 0 bridgehead atoms. The Morgan fingerprint density at radius 1 is 0.367 bits per heavy atom. The van der Waals surface area contributed by atoms with Crippen LogP contribution in [-0.2, 0) is 0 Å². The Kier molecular flexibility index (Phi) is 6.18. The summed E-state index contributed by atoms with van der Waals surface area (Å²) in [7, 11) is 0. The van der Waals surface area contributed by atoms with E-state index < -0.39 is 0 Å². The predicted molar refractivity (Wildman–Crippen MR) is 204 cm³/mol. The fourth-order valence-electron chi connectivity index (χ4n) is 7.18. The molecule has 0 atom stereocenters. The number of hydrogen-bond donors (Lipinski definition) is 0. The maximum atomic E-state index is 6.61. The van der Waals surface area contributed by atoms with Crippen molar-refractivity contribution in [3.63, 3.8) is 0 Å².